The molecule has 0 aliphatic rings. The molecular weight excluding hydrogens is 1070 g/mol. The number of carbonyl (C=O) groups excluding carboxylic acids is 1. The monoisotopic (exact) mass is 1210 g/mol. The molecule has 0 rings (SSSR count). The Kier molecular flexibility index (Phi) is 64.8. The number of amides is 1. The summed E-state index contributed by atoms with van der Waals surface area (Å²) < 4.78 is 23.5. The van der Waals surface area contributed by atoms with Gasteiger partial charge in [0.05, 0.1) is 39.9 Å². The zero-order valence-electron chi connectivity index (χ0n) is 57.1. The molecule has 3 unspecified atom stereocenters. The average Bonchev–Trinajstić information content (AvgIpc) is 3.49. The fraction of sp³-hybridized carbons (Fsp3) is 0.829. The number of allylic oxidation sites excluding steroid dienone is 11. The van der Waals surface area contributed by atoms with Crippen molar-refractivity contribution in [2.45, 2.75) is 366 Å². The average molecular weight is 1210 g/mol. The van der Waals surface area contributed by atoms with Crippen LogP contribution < -0.4 is 10.2 Å². The number of rotatable bonds is 68. The van der Waals surface area contributed by atoms with E-state index in [0.29, 0.717) is 17.4 Å². The lowest BCUT2D eigenvalue weighted by Crippen LogP contribution is -2.45. The van der Waals surface area contributed by atoms with E-state index in [9.17, 15) is 19.4 Å². The predicted molar refractivity (Wildman–Crippen MR) is 371 cm³/mol. The Morgan fingerprint density at radius 3 is 1.05 bits per heavy atom. The fourth-order valence-electron chi connectivity index (χ4n) is 11.0. The van der Waals surface area contributed by atoms with Crippen LogP contribution in [-0.4, -0.2) is 68.5 Å². The Balaban J connectivity index is 4.03. The number of quaternary nitrogens is 1. The maximum Gasteiger partial charge on any atom is 0.268 e. The summed E-state index contributed by atoms with van der Waals surface area (Å²) in [4.78, 5) is 25.7. The molecule has 0 aromatic rings. The second-order valence-electron chi connectivity index (χ2n) is 26.3. The lowest BCUT2D eigenvalue weighted by Gasteiger charge is -2.29. The topological polar surface area (TPSA) is 108 Å². The summed E-state index contributed by atoms with van der Waals surface area (Å²) in [6.07, 6.45) is 93.2. The highest BCUT2D eigenvalue weighted by Crippen LogP contribution is 2.38. The van der Waals surface area contributed by atoms with Crippen molar-refractivity contribution in [3.05, 3.63) is 72.9 Å². The largest absolute Gasteiger partial charge is 0.756 e. The van der Waals surface area contributed by atoms with Gasteiger partial charge in [0.2, 0.25) is 5.91 Å². The molecule has 0 bridgehead atoms. The molecular formula is C76H143N2O6P. The standard InChI is InChI=1S/C76H143N2O6P/c1-6-8-10-12-14-16-18-20-22-24-26-28-30-32-34-36-38-39-40-42-44-46-48-50-52-54-56-58-60-62-64-66-68-70-76(80)77-74(73-84-85(81,82)83-72-71-78(3,4)5)75(79)69-67-65-63-61-59-57-55-53-51-49-47-45-43-41-37-35-33-31-29-27-25-23-21-19-17-15-13-11-9-7-2/h8,10,14,16,20,22,26,28,32,34,67,69,74-75,79H,6-7,9,11-13,15,17-19,21,23-25,27,29-31,33,35-66,68,70-73H2,1-5H3,(H-,77,80,81,82)/b10-8-,16-14-,22-20-,28-26-,34-32-,69-67+. The first-order chi connectivity index (χ1) is 41.5. The molecule has 0 aromatic carbocycles. The SMILES string of the molecule is CC/C=C\C/C=C\C/C=C\C/C=C\C/C=C\CCCCCCCCCCCCCCCCCCCC(=O)NC(COP(=O)([O-])OCC[N+](C)(C)C)C(O)/C=C/CCCCCCCCCCCCCCCCCCCCCCCCCCCCCC. The van der Waals surface area contributed by atoms with Crippen LogP contribution in [-0.2, 0) is 18.4 Å². The number of aliphatic hydroxyl groups is 1. The van der Waals surface area contributed by atoms with Gasteiger partial charge in [-0.2, -0.15) is 0 Å². The van der Waals surface area contributed by atoms with Crippen LogP contribution >= 0.6 is 7.82 Å². The van der Waals surface area contributed by atoms with Gasteiger partial charge < -0.3 is 28.8 Å². The highest BCUT2D eigenvalue weighted by Gasteiger charge is 2.23. The quantitative estimate of drug-likeness (QED) is 0.0272. The van der Waals surface area contributed by atoms with Gasteiger partial charge in [0.15, 0.2) is 0 Å². The molecule has 2 N–H and O–H groups in total. The van der Waals surface area contributed by atoms with Crippen LogP contribution in [0, 0.1) is 0 Å². The van der Waals surface area contributed by atoms with Gasteiger partial charge in [-0.05, 0) is 64.2 Å². The van der Waals surface area contributed by atoms with Crippen molar-refractivity contribution in [1.82, 2.24) is 5.32 Å². The van der Waals surface area contributed by atoms with Gasteiger partial charge in [-0.1, -0.05) is 356 Å². The third kappa shape index (κ3) is 69.3. The number of nitrogens with zero attached hydrogens (tertiary/aromatic N) is 1. The van der Waals surface area contributed by atoms with Crippen molar-refractivity contribution < 1.29 is 32.9 Å². The van der Waals surface area contributed by atoms with Gasteiger partial charge in [-0.25, -0.2) is 0 Å². The Hall–Kier alpha value is -2.06. The second-order valence-corrected chi connectivity index (χ2v) is 27.7. The summed E-state index contributed by atoms with van der Waals surface area (Å²) >= 11 is 0. The number of unbranched alkanes of at least 4 members (excludes halogenated alkanes) is 45. The molecule has 0 fully saturated rings. The number of phosphoric ester groups is 1. The van der Waals surface area contributed by atoms with Crippen LogP contribution in [0.25, 0.3) is 0 Å². The second kappa shape index (κ2) is 66.4. The van der Waals surface area contributed by atoms with Gasteiger partial charge in [-0.15, -0.1) is 0 Å². The smallest absolute Gasteiger partial charge is 0.268 e. The molecule has 9 heteroatoms. The summed E-state index contributed by atoms with van der Waals surface area (Å²) in [6, 6.07) is -0.890. The summed E-state index contributed by atoms with van der Waals surface area (Å²) in [6.45, 7) is 4.58. The van der Waals surface area contributed by atoms with Gasteiger partial charge >= 0.3 is 0 Å². The number of phosphoric acid groups is 1. The van der Waals surface area contributed by atoms with E-state index in [0.717, 1.165) is 70.6 Å². The number of hydrogen-bond acceptors (Lipinski definition) is 6. The van der Waals surface area contributed by atoms with Crippen molar-refractivity contribution in [2.75, 3.05) is 40.9 Å². The van der Waals surface area contributed by atoms with E-state index in [1.165, 1.54) is 263 Å². The normalized spacial score (nSPS) is 14.0. The lowest BCUT2D eigenvalue weighted by molar-refractivity contribution is -0.870. The summed E-state index contributed by atoms with van der Waals surface area (Å²) in [7, 11) is 1.27. The molecule has 0 aliphatic carbocycles. The van der Waals surface area contributed by atoms with E-state index in [1.54, 1.807) is 6.08 Å². The number of aliphatic hydroxyl groups excluding tert-OH is 1. The zero-order valence-corrected chi connectivity index (χ0v) is 58.0. The molecule has 0 heterocycles. The van der Waals surface area contributed by atoms with Gasteiger partial charge in [-0.3, -0.25) is 9.36 Å². The van der Waals surface area contributed by atoms with Crippen molar-refractivity contribution in [2.24, 2.45) is 0 Å². The van der Waals surface area contributed by atoms with E-state index < -0.39 is 20.0 Å². The predicted octanol–water partition coefficient (Wildman–Crippen LogP) is 23.1. The van der Waals surface area contributed by atoms with E-state index in [1.807, 2.05) is 27.2 Å². The Bertz CT molecular complexity index is 1620. The summed E-state index contributed by atoms with van der Waals surface area (Å²) in [5.74, 6) is -0.193. The molecule has 0 saturated carbocycles. The third-order valence-corrected chi connectivity index (χ3v) is 17.6. The highest BCUT2D eigenvalue weighted by atomic mass is 31.2. The van der Waals surface area contributed by atoms with E-state index in [4.69, 9.17) is 9.05 Å². The summed E-state index contributed by atoms with van der Waals surface area (Å²) in [5, 5.41) is 14.0. The van der Waals surface area contributed by atoms with Crippen LogP contribution in [0.1, 0.15) is 354 Å². The van der Waals surface area contributed by atoms with Crippen molar-refractivity contribution in [3.8, 4) is 0 Å². The van der Waals surface area contributed by atoms with Crippen LogP contribution in [0.4, 0.5) is 0 Å². The van der Waals surface area contributed by atoms with Crippen LogP contribution in [0.5, 0.6) is 0 Å². The van der Waals surface area contributed by atoms with E-state index in [-0.39, 0.29) is 19.1 Å². The minimum Gasteiger partial charge on any atom is -0.756 e. The van der Waals surface area contributed by atoms with Crippen molar-refractivity contribution in [1.29, 1.82) is 0 Å². The van der Waals surface area contributed by atoms with Crippen LogP contribution in [0.2, 0.25) is 0 Å². The number of hydrogen-bond donors (Lipinski definition) is 2. The van der Waals surface area contributed by atoms with Crippen LogP contribution in [0.15, 0.2) is 72.9 Å². The number of likely N-dealkylation sites (N-methyl/N-ethyl adjacent to an activating group) is 1. The zero-order chi connectivity index (χ0) is 61.9. The maximum atomic E-state index is 13.1. The molecule has 8 nitrogen and oxygen atoms in total. The number of nitrogens with one attached hydrogen (secondary N) is 1. The molecule has 3 atom stereocenters. The first-order valence-corrected chi connectivity index (χ1v) is 38.3. The van der Waals surface area contributed by atoms with E-state index in [2.05, 4.69) is 79.9 Å². The van der Waals surface area contributed by atoms with Gasteiger partial charge in [0.1, 0.15) is 13.2 Å². The minimum atomic E-state index is -4.61. The molecule has 498 valence electrons. The number of carbonyl (C=O) groups is 1. The Morgan fingerprint density at radius 1 is 0.424 bits per heavy atom. The van der Waals surface area contributed by atoms with Crippen LogP contribution in [0.3, 0.4) is 0 Å². The maximum absolute atomic E-state index is 13.1. The molecule has 0 spiro atoms. The molecule has 0 aliphatic heterocycles. The van der Waals surface area contributed by atoms with Gasteiger partial charge in [0.25, 0.3) is 7.82 Å². The first kappa shape index (κ1) is 82.9. The highest BCUT2D eigenvalue weighted by molar-refractivity contribution is 7.45. The lowest BCUT2D eigenvalue weighted by atomic mass is 10.0. The molecule has 0 saturated heterocycles. The van der Waals surface area contributed by atoms with Gasteiger partial charge in [0, 0.05) is 6.42 Å². The Morgan fingerprint density at radius 2 is 0.718 bits per heavy atom. The molecule has 1 amide bonds. The molecule has 85 heavy (non-hydrogen) atoms. The first-order valence-electron chi connectivity index (χ1n) is 36.8. The van der Waals surface area contributed by atoms with Crippen molar-refractivity contribution >= 4 is 13.7 Å². The fourth-order valence-corrected chi connectivity index (χ4v) is 11.7. The molecule has 0 radical (unpaired) electrons. The minimum absolute atomic E-state index is 0.00127. The van der Waals surface area contributed by atoms with E-state index >= 15 is 0 Å². The third-order valence-electron chi connectivity index (χ3n) is 16.7. The summed E-state index contributed by atoms with van der Waals surface area (Å²) in [5.41, 5.74) is 0. The molecule has 0 aromatic heterocycles. The van der Waals surface area contributed by atoms with Crippen molar-refractivity contribution in [3.63, 3.8) is 0 Å². The Labute approximate surface area is 529 Å².